The second-order valence-electron chi connectivity index (χ2n) is 10.3. The highest BCUT2D eigenvalue weighted by atomic mass is 16.5. The van der Waals surface area contributed by atoms with E-state index < -0.39 is 59.4 Å². The maximum absolute atomic E-state index is 13.4. The topological polar surface area (TPSA) is 171 Å². The summed E-state index contributed by atoms with van der Waals surface area (Å²) < 4.78 is 21.2. The van der Waals surface area contributed by atoms with Crippen LogP contribution in [0.15, 0.2) is 27.4 Å². The highest BCUT2D eigenvalue weighted by Gasteiger charge is 2.40. The minimum atomic E-state index is -1.10. The zero-order valence-electron chi connectivity index (χ0n) is 24.3. The van der Waals surface area contributed by atoms with Crippen molar-refractivity contribution in [2.75, 3.05) is 27.9 Å². The number of carbonyl (C=O) groups excluding carboxylic acids is 4. The van der Waals surface area contributed by atoms with Crippen LogP contribution in [0.2, 0.25) is 0 Å². The molecule has 1 aliphatic heterocycles. The zero-order valence-corrected chi connectivity index (χ0v) is 24.3. The van der Waals surface area contributed by atoms with Gasteiger partial charge in [0.05, 0.1) is 27.4 Å². The number of hydrogen-bond acceptors (Lipinski definition) is 10. The summed E-state index contributed by atoms with van der Waals surface area (Å²) in [6, 6.07) is 1.82. The fraction of sp³-hybridized carbons (Fsp3) is 0.556. The van der Waals surface area contributed by atoms with E-state index in [1.54, 1.807) is 39.8 Å². The minimum Gasteiger partial charge on any atom is -0.497 e. The maximum Gasteiger partial charge on any atom is 0.442 e. The van der Waals surface area contributed by atoms with Crippen molar-refractivity contribution >= 4 is 23.7 Å². The maximum atomic E-state index is 13.4. The first kappa shape index (κ1) is 31.2. The lowest BCUT2D eigenvalue weighted by atomic mass is 9.98. The van der Waals surface area contributed by atoms with Gasteiger partial charge in [0.1, 0.15) is 29.3 Å². The third-order valence-corrected chi connectivity index (χ3v) is 6.85. The average molecular weight is 576 g/mol. The molecule has 0 unspecified atom stereocenters. The summed E-state index contributed by atoms with van der Waals surface area (Å²) in [5.74, 6) is -3.01. The Morgan fingerprint density at radius 1 is 1.00 bits per heavy atom. The summed E-state index contributed by atoms with van der Waals surface area (Å²) in [7, 11) is 4.09. The molecule has 1 saturated heterocycles. The first-order valence-corrected chi connectivity index (χ1v) is 13.3. The molecule has 1 aromatic carbocycles. The third-order valence-electron chi connectivity index (χ3n) is 6.85. The number of hydrogen-bond donors (Lipinski definition) is 2. The van der Waals surface area contributed by atoms with Crippen LogP contribution >= 0.6 is 0 Å². The Balaban J connectivity index is 1.82. The molecule has 224 valence electrons. The number of carbonyl (C=O) groups is 4. The standard InChI is InChI=1S/C27H37N5O9/c1-14(2)20(22(33)24-30-32(27(37)41-24)17-11-10-16(38-5)13-19(17)39-6)28-23(34)18-9-8-12-31(18)25(35)21(15(3)4)29-26(36)40-7/h10-11,13-15,18,20-21H,8-9,12H2,1-7H3,(H,28,34)(H,29,36)/t18-,20-,21-/m0/s1. The molecule has 14 heteroatoms. The van der Waals surface area contributed by atoms with Gasteiger partial charge in [0, 0.05) is 12.6 Å². The number of Topliss-reactive ketones (excluding diaryl/α,β-unsaturated/α-hetero) is 1. The van der Waals surface area contributed by atoms with Crippen molar-refractivity contribution in [3.63, 3.8) is 0 Å². The number of alkyl carbamates (subject to hydrolysis) is 1. The predicted octanol–water partition coefficient (Wildman–Crippen LogP) is 1.54. The molecule has 1 fully saturated rings. The number of nitrogens with one attached hydrogen (secondary N) is 2. The SMILES string of the molecule is COC(=O)N[C@H](C(=O)N1CCC[C@H]1C(=O)N[C@H](C(=O)c1nn(-c2ccc(OC)cc2OC)c(=O)o1)C(C)C)C(C)C. The van der Waals surface area contributed by atoms with Crippen LogP contribution in [0.4, 0.5) is 4.79 Å². The number of aromatic nitrogens is 2. The Hall–Kier alpha value is -4.36. The minimum absolute atomic E-state index is 0.228. The summed E-state index contributed by atoms with van der Waals surface area (Å²) in [5.41, 5.74) is 0.228. The number of rotatable bonds is 11. The van der Waals surface area contributed by atoms with Gasteiger partial charge in [-0.1, -0.05) is 27.7 Å². The van der Waals surface area contributed by atoms with Crippen LogP contribution in [0.3, 0.4) is 0 Å². The Kier molecular flexibility index (Phi) is 10.1. The second-order valence-corrected chi connectivity index (χ2v) is 10.3. The van der Waals surface area contributed by atoms with Crippen LogP contribution in [0, 0.1) is 11.8 Å². The molecule has 1 aromatic heterocycles. The molecule has 41 heavy (non-hydrogen) atoms. The van der Waals surface area contributed by atoms with E-state index in [0.29, 0.717) is 25.1 Å². The Labute approximate surface area is 237 Å². The summed E-state index contributed by atoms with van der Waals surface area (Å²) in [6.07, 6.45) is 0.187. The van der Waals surface area contributed by atoms with Gasteiger partial charge >= 0.3 is 11.8 Å². The van der Waals surface area contributed by atoms with E-state index >= 15 is 0 Å². The Morgan fingerprint density at radius 2 is 1.68 bits per heavy atom. The molecule has 3 atom stereocenters. The van der Waals surface area contributed by atoms with Crippen LogP contribution in [0.5, 0.6) is 11.5 Å². The van der Waals surface area contributed by atoms with Gasteiger partial charge in [-0.05, 0) is 36.8 Å². The molecule has 0 bridgehead atoms. The number of amides is 3. The monoisotopic (exact) mass is 575 g/mol. The van der Waals surface area contributed by atoms with Crippen molar-refractivity contribution < 1.29 is 37.8 Å². The number of ketones is 1. The highest BCUT2D eigenvalue weighted by molar-refractivity contribution is 6.00. The lowest BCUT2D eigenvalue weighted by Crippen LogP contribution is -2.57. The van der Waals surface area contributed by atoms with Gasteiger partial charge in [0.25, 0.3) is 5.89 Å². The van der Waals surface area contributed by atoms with Gasteiger partial charge in [-0.25, -0.2) is 9.59 Å². The van der Waals surface area contributed by atoms with Crippen LogP contribution < -0.4 is 25.9 Å². The van der Waals surface area contributed by atoms with Crippen molar-refractivity contribution in [1.29, 1.82) is 0 Å². The number of likely N-dealkylation sites (tertiary alicyclic amines) is 1. The van der Waals surface area contributed by atoms with E-state index in [9.17, 15) is 24.0 Å². The summed E-state index contributed by atoms with van der Waals surface area (Å²) in [6.45, 7) is 7.29. The first-order valence-electron chi connectivity index (χ1n) is 13.3. The molecule has 14 nitrogen and oxygen atoms in total. The molecule has 0 spiro atoms. The van der Waals surface area contributed by atoms with Crippen LogP contribution in [0.25, 0.3) is 5.69 Å². The molecule has 2 heterocycles. The number of ether oxygens (including phenoxy) is 3. The Bertz CT molecular complexity index is 1330. The fourth-order valence-corrected chi connectivity index (χ4v) is 4.59. The molecule has 0 radical (unpaired) electrons. The zero-order chi connectivity index (χ0) is 30.4. The molecule has 3 rings (SSSR count). The summed E-state index contributed by atoms with van der Waals surface area (Å²) in [4.78, 5) is 66.0. The Morgan fingerprint density at radius 3 is 2.27 bits per heavy atom. The molecule has 0 saturated carbocycles. The van der Waals surface area contributed by atoms with Crippen molar-refractivity contribution in [1.82, 2.24) is 25.3 Å². The van der Waals surface area contributed by atoms with Crippen molar-refractivity contribution in [2.45, 2.75) is 58.7 Å². The highest BCUT2D eigenvalue weighted by Crippen LogP contribution is 2.27. The third kappa shape index (κ3) is 6.87. The van der Waals surface area contributed by atoms with Gasteiger partial charge in [-0.2, -0.15) is 4.68 Å². The van der Waals surface area contributed by atoms with Crippen LogP contribution in [0.1, 0.15) is 51.2 Å². The number of methoxy groups -OCH3 is 3. The van der Waals surface area contributed by atoms with E-state index in [-0.39, 0.29) is 17.4 Å². The summed E-state index contributed by atoms with van der Waals surface area (Å²) >= 11 is 0. The largest absolute Gasteiger partial charge is 0.497 e. The summed E-state index contributed by atoms with van der Waals surface area (Å²) in [5, 5.41) is 9.32. The van der Waals surface area contributed by atoms with Crippen molar-refractivity contribution in [2.24, 2.45) is 11.8 Å². The van der Waals surface area contributed by atoms with E-state index in [0.717, 1.165) is 4.68 Å². The van der Waals surface area contributed by atoms with Gasteiger partial charge in [-0.15, -0.1) is 5.10 Å². The molecule has 2 N–H and O–H groups in total. The van der Waals surface area contributed by atoms with E-state index in [4.69, 9.17) is 13.9 Å². The number of benzene rings is 1. The fourth-order valence-electron chi connectivity index (χ4n) is 4.59. The molecule has 3 amide bonds. The lowest BCUT2D eigenvalue weighted by Gasteiger charge is -2.31. The lowest BCUT2D eigenvalue weighted by molar-refractivity contribution is -0.141. The smallest absolute Gasteiger partial charge is 0.442 e. The second kappa shape index (κ2) is 13.3. The average Bonchev–Trinajstić information content (AvgIpc) is 3.60. The molecular weight excluding hydrogens is 538 g/mol. The van der Waals surface area contributed by atoms with Gasteiger partial charge in [-0.3, -0.25) is 14.4 Å². The van der Waals surface area contributed by atoms with E-state index in [2.05, 4.69) is 20.5 Å². The van der Waals surface area contributed by atoms with Gasteiger partial charge < -0.3 is 34.2 Å². The van der Waals surface area contributed by atoms with Crippen molar-refractivity contribution in [3.05, 3.63) is 34.6 Å². The van der Waals surface area contributed by atoms with Gasteiger partial charge in [0.15, 0.2) is 0 Å². The van der Waals surface area contributed by atoms with Crippen molar-refractivity contribution in [3.8, 4) is 17.2 Å². The molecule has 0 aliphatic carbocycles. The number of nitrogens with zero attached hydrogens (tertiary/aromatic N) is 3. The van der Waals surface area contributed by atoms with Gasteiger partial charge in [0.2, 0.25) is 17.6 Å². The molecular formula is C27H37N5O9. The van der Waals surface area contributed by atoms with E-state index in [1.807, 2.05) is 0 Å². The van der Waals surface area contributed by atoms with Crippen LogP contribution in [-0.2, 0) is 14.3 Å². The molecule has 2 aromatic rings. The van der Waals surface area contributed by atoms with E-state index in [1.165, 1.54) is 32.3 Å². The first-order chi connectivity index (χ1) is 19.4. The normalized spacial score (nSPS) is 16.3. The van der Waals surface area contributed by atoms with Crippen LogP contribution in [-0.4, -0.2) is 84.4 Å². The predicted molar refractivity (Wildman–Crippen MR) is 145 cm³/mol. The quantitative estimate of drug-likeness (QED) is 0.375. The molecule has 1 aliphatic rings.